The maximum atomic E-state index is 12.3. The maximum Gasteiger partial charge on any atom is 0.338 e. The van der Waals surface area contributed by atoms with Gasteiger partial charge in [0, 0.05) is 12.6 Å². The number of nitrogens with one attached hydrogen (secondary N) is 1. The smallest absolute Gasteiger partial charge is 0.338 e. The third-order valence-corrected chi connectivity index (χ3v) is 4.65. The molecule has 1 N–H and O–H groups in total. The molecular formula is C18H17BrN2O5. The summed E-state index contributed by atoms with van der Waals surface area (Å²) in [6, 6.07) is 8.65. The number of esters is 1. The zero-order valence-electron chi connectivity index (χ0n) is 13.8. The molecule has 0 unspecified atom stereocenters. The van der Waals surface area contributed by atoms with Crippen molar-refractivity contribution in [3.8, 4) is 0 Å². The summed E-state index contributed by atoms with van der Waals surface area (Å²) in [5, 5.41) is 0. The van der Waals surface area contributed by atoms with Crippen molar-refractivity contribution in [1.29, 1.82) is 0 Å². The maximum absolute atomic E-state index is 12.3. The number of hydrogen-bond acceptors (Lipinski definition) is 5. The predicted octanol–water partition coefficient (Wildman–Crippen LogP) is 2.39. The molecule has 8 heteroatoms. The molecule has 26 heavy (non-hydrogen) atoms. The van der Waals surface area contributed by atoms with E-state index in [9.17, 15) is 14.4 Å². The van der Waals surface area contributed by atoms with Crippen LogP contribution in [0.15, 0.2) is 63.2 Å². The van der Waals surface area contributed by atoms with Crippen LogP contribution in [-0.4, -0.2) is 27.7 Å². The molecule has 3 rings (SSSR count). The minimum atomic E-state index is -0.658. The summed E-state index contributed by atoms with van der Waals surface area (Å²) in [5.74, 6) is -0.455. The van der Waals surface area contributed by atoms with Crippen molar-refractivity contribution < 1.29 is 14.3 Å². The molecule has 2 aromatic rings. The molecule has 0 spiro atoms. The molecule has 1 fully saturated rings. The van der Waals surface area contributed by atoms with E-state index >= 15 is 0 Å². The summed E-state index contributed by atoms with van der Waals surface area (Å²) >= 11 is 3.10. The molecule has 0 bridgehead atoms. The molecule has 7 nitrogen and oxygen atoms in total. The van der Waals surface area contributed by atoms with E-state index in [1.807, 2.05) is 6.07 Å². The van der Waals surface area contributed by atoms with Crippen LogP contribution >= 0.6 is 15.9 Å². The number of H-pyrrole nitrogens is 1. The second-order valence-electron chi connectivity index (χ2n) is 5.84. The van der Waals surface area contributed by atoms with Crippen LogP contribution in [0.5, 0.6) is 0 Å². The molecule has 2 heterocycles. The van der Waals surface area contributed by atoms with Crippen LogP contribution in [-0.2, 0) is 9.47 Å². The number of nitrogens with zero attached hydrogens (tertiary/aromatic N) is 1. The third-order valence-electron chi connectivity index (χ3n) is 4.08. The lowest BCUT2D eigenvalue weighted by Crippen LogP contribution is -2.32. The number of carbonyl (C=O) groups excluding carboxylic acids is 1. The SMILES string of the molecule is C=CC[C@H]1O[C@@H](n2cc(Br)c(=O)[nH]c2=O)C[C@@H]1OC(=O)c1ccccc1. The summed E-state index contributed by atoms with van der Waals surface area (Å²) in [6.45, 7) is 3.69. The Bertz CT molecular complexity index is 921. The van der Waals surface area contributed by atoms with E-state index in [1.54, 1.807) is 30.3 Å². The lowest BCUT2D eigenvalue weighted by Gasteiger charge is -2.17. The Morgan fingerprint density at radius 1 is 1.38 bits per heavy atom. The number of rotatable bonds is 5. The first-order valence-electron chi connectivity index (χ1n) is 8.03. The van der Waals surface area contributed by atoms with Gasteiger partial charge in [-0.3, -0.25) is 14.3 Å². The summed E-state index contributed by atoms with van der Waals surface area (Å²) in [6.07, 6.45) is 2.17. The number of carbonyl (C=O) groups is 1. The van der Waals surface area contributed by atoms with E-state index in [4.69, 9.17) is 9.47 Å². The molecule has 1 aromatic carbocycles. The van der Waals surface area contributed by atoms with Gasteiger partial charge in [0.2, 0.25) is 0 Å². The average Bonchev–Trinajstić information content (AvgIpc) is 3.01. The van der Waals surface area contributed by atoms with Crippen LogP contribution in [0.3, 0.4) is 0 Å². The van der Waals surface area contributed by atoms with Gasteiger partial charge in [-0.1, -0.05) is 24.3 Å². The molecule has 0 aliphatic carbocycles. The van der Waals surface area contributed by atoms with Crippen molar-refractivity contribution in [2.24, 2.45) is 0 Å². The zero-order chi connectivity index (χ0) is 18.7. The fraction of sp³-hybridized carbons (Fsp3) is 0.278. The Morgan fingerprint density at radius 3 is 2.81 bits per heavy atom. The van der Waals surface area contributed by atoms with Crippen LogP contribution in [0, 0.1) is 0 Å². The second-order valence-corrected chi connectivity index (χ2v) is 6.70. The van der Waals surface area contributed by atoms with Crippen molar-refractivity contribution in [2.75, 3.05) is 0 Å². The van der Waals surface area contributed by atoms with Gasteiger partial charge in [0.15, 0.2) is 0 Å². The summed E-state index contributed by atoms with van der Waals surface area (Å²) in [4.78, 5) is 38.1. The summed E-state index contributed by atoms with van der Waals surface area (Å²) in [5.41, 5.74) is -0.660. The normalized spacial score (nSPS) is 22.1. The fourth-order valence-corrected chi connectivity index (χ4v) is 3.14. The molecule has 0 saturated carbocycles. The highest BCUT2D eigenvalue weighted by Crippen LogP contribution is 2.32. The van der Waals surface area contributed by atoms with Gasteiger partial charge < -0.3 is 9.47 Å². The number of aromatic amines is 1. The predicted molar refractivity (Wildman–Crippen MR) is 98.0 cm³/mol. The highest BCUT2D eigenvalue weighted by molar-refractivity contribution is 9.10. The van der Waals surface area contributed by atoms with E-state index in [0.29, 0.717) is 12.0 Å². The topological polar surface area (TPSA) is 90.4 Å². The highest BCUT2D eigenvalue weighted by Gasteiger charge is 2.38. The van der Waals surface area contributed by atoms with Crippen LogP contribution in [0.4, 0.5) is 0 Å². The van der Waals surface area contributed by atoms with Gasteiger partial charge in [-0.25, -0.2) is 9.59 Å². The quantitative estimate of drug-likeness (QED) is 0.592. The standard InChI is InChI=1S/C18H17BrN2O5/c1-2-6-13-14(26-17(23)11-7-4-3-5-8-11)9-15(25-13)21-10-12(19)16(22)20-18(21)24/h2-5,7-8,10,13-15H,1,6,9H2,(H,20,22,24)/t13-,14+,15-/m1/s1. The van der Waals surface area contributed by atoms with E-state index in [1.165, 1.54) is 10.8 Å². The van der Waals surface area contributed by atoms with Crippen LogP contribution in [0.25, 0.3) is 0 Å². The number of aromatic nitrogens is 2. The fourth-order valence-electron chi connectivity index (χ4n) is 2.82. The monoisotopic (exact) mass is 420 g/mol. The Labute approximate surface area is 157 Å². The lowest BCUT2D eigenvalue weighted by molar-refractivity contribution is -0.0280. The molecule has 1 saturated heterocycles. The molecule has 1 aliphatic rings. The Morgan fingerprint density at radius 2 is 2.12 bits per heavy atom. The second kappa shape index (κ2) is 7.84. The van der Waals surface area contributed by atoms with Gasteiger partial charge in [0.05, 0.1) is 10.0 Å². The van der Waals surface area contributed by atoms with Gasteiger partial charge in [-0.2, -0.15) is 0 Å². The Hall–Kier alpha value is -2.45. The van der Waals surface area contributed by atoms with E-state index in [-0.39, 0.29) is 10.9 Å². The first-order valence-corrected chi connectivity index (χ1v) is 8.82. The van der Waals surface area contributed by atoms with Crippen molar-refractivity contribution >= 4 is 21.9 Å². The van der Waals surface area contributed by atoms with Gasteiger partial charge in [-0.05, 0) is 34.5 Å². The molecule has 3 atom stereocenters. The van der Waals surface area contributed by atoms with Crippen molar-refractivity contribution in [1.82, 2.24) is 9.55 Å². The van der Waals surface area contributed by atoms with Crippen molar-refractivity contribution in [3.63, 3.8) is 0 Å². The lowest BCUT2D eigenvalue weighted by atomic mass is 10.1. The highest BCUT2D eigenvalue weighted by atomic mass is 79.9. The van der Waals surface area contributed by atoms with Crippen molar-refractivity contribution in [3.05, 3.63) is 80.1 Å². The number of halogens is 1. The first-order chi connectivity index (χ1) is 12.5. The minimum Gasteiger partial charge on any atom is -0.456 e. The van der Waals surface area contributed by atoms with E-state index in [2.05, 4.69) is 27.5 Å². The van der Waals surface area contributed by atoms with Gasteiger partial charge in [0.1, 0.15) is 18.4 Å². The summed E-state index contributed by atoms with van der Waals surface area (Å²) in [7, 11) is 0. The number of hydrogen-bond donors (Lipinski definition) is 1. The third kappa shape index (κ3) is 3.86. The van der Waals surface area contributed by atoms with Crippen LogP contribution < -0.4 is 11.2 Å². The molecular weight excluding hydrogens is 404 g/mol. The van der Waals surface area contributed by atoms with Crippen LogP contribution in [0.2, 0.25) is 0 Å². The Balaban J connectivity index is 1.81. The zero-order valence-corrected chi connectivity index (χ0v) is 15.3. The molecule has 1 aromatic heterocycles. The van der Waals surface area contributed by atoms with Crippen LogP contribution in [0.1, 0.15) is 29.4 Å². The van der Waals surface area contributed by atoms with E-state index < -0.39 is 35.7 Å². The number of benzene rings is 1. The molecule has 0 radical (unpaired) electrons. The molecule has 136 valence electrons. The minimum absolute atomic E-state index is 0.214. The van der Waals surface area contributed by atoms with Crippen molar-refractivity contribution in [2.45, 2.75) is 31.3 Å². The summed E-state index contributed by atoms with van der Waals surface area (Å²) < 4.78 is 13.0. The largest absolute Gasteiger partial charge is 0.456 e. The molecule has 1 aliphatic heterocycles. The average molecular weight is 421 g/mol. The Kier molecular flexibility index (Phi) is 5.53. The van der Waals surface area contributed by atoms with Gasteiger partial charge in [0.25, 0.3) is 5.56 Å². The van der Waals surface area contributed by atoms with Gasteiger partial charge >= 0.3 is 11.7 Å². The molecule has 0 amide bonds. The number of ether oxygens (including phenoxy) is 2. The van der Waals surface area contributed by atoms with Gasteiger partial charge in [-0.15, -0.1) is 6.58 Å². The first kappa shape index (κ1) is 18.3. The van der Waals surface area contributed by atoms with E-state index in [0.717, 1.165) is 0 Å².